The van der Waals surface area contributed by atoms with Gasteiger partial charge in [-0.3, -0.25) is 4.79 Å². The first-order valence-electron chi connectivity index (χ1n) is 13.6. The van der Waals surface area contributed by atoms with E-state index in [1.54, 1.807) is 40.9 Å². The Bertz CT molecular complexity index is 2100. The van der Waals surface area contributed by atoms with Crippen LogP contribution in [-0.4, -0.2) is 46.2 Å². The fourth-order valence-corrected chi connectivity index (χ4v) is 4.28. The molecule has 224 valence electrons. The number of aryl methyl sites for hydroxylation is 4. The van der Waals surface area contributed by atoms with Crippen molar-refractivity contribution < 1.29 is 14.7 Å². The number of nitrogens with one attached hydrogen (secondary N) is 1. The van der Waals surface area contributed by atoms with Crippen molar-refractivity contribution in [2.24, 2.45) is 0 Å². The summed E-state index contributed by atoms with van der Waals surface area (Å²) >= 11 is 0. The van der Waals surface area contributed by atoms with Gasteiger partial charge in [0, 0.05) is 45.3 Å². The van der Waals surface area contributed by atoms with Crippen molar-refractivity contribution in [3.05, 3.63) is 118 Å². The topological polar surface area (TPSA) is 153 Å². The molecule has 0 saturated carbocycles. The van der Waals surface area contributed by atoms with Crippen molar-refractivity contribution >= 4 is 34.5 Å². The summed E-state index contributed by atoms with van der Waals surface area (Å²) in [6.07, 6.45) is 13.3. The predicted molar refractivity (Wildman–Crippen MR) is 173 cm³/mol. The Morgan fingerprint density at radius 1 is 0.756 bits per heavy atom. The fourth-order valence-electron chi connectivity index (χ4n) is 4.28. The standard InChI is InChI=1S/C17H14N4O.C9H9N3O2.C8H7N/c1-4-13-5-7-14(8-6-13)20-17(22)15-10-18-21-12(3)9-11(2)19-16(15)21;1-5-3-6(2)12-8(11-5)7(4-10-12)9(13)14;1-2-7-3-5-8(9)6-4-7/h1,5-10H,2-3H3,(H,20,22);3-4H,1-2H3,(H,13,14);1,3-6H,9H2. The zero-order valence-corrected chi connectivity index (χ0v) is 25.1. The van der Waals surface area contributed by atoms with Crippen molar-refractivity contribution in [3.63, 3.8) is 0 Å². The summed E-state index contributed by atoms with van der Waals surface area (Å²) in [5.74, 6) is 3.78. The van der Waals surface area contributed by atoms with Gasteiger partial charge in [-0.05, 0) is 88.4 Å². The summed E-state index contributed by atoms with van der Waals surface area (Å²) in [6.45, 7) is 7.50. The number of benzene rings is 2. The molecule has 6 rings (SSSR count). The SMILES string of the molecule is C#Cc1ccc(N)cc1.C#Cc1ccc(NC(=O)c2cnn3c(C)cc(C)nc23)cc1.Cc1cc(C)n2ncc(C(=O)O)c2n1. The molecule has 11 heteroatoms. The molecule has 45 heavy (non-hydrogen) atoms. The molecule has 0 spiro atoms. The van der Waals surface area contributed by atoms with Gasteiger partial charge in [0.05, 0.1) is 12.4 Å². The lowest BCUT2D eigenvalue weighted by Crippen LogP contribution is -2.12. The highest BCUT2D eigenvalue weighted by Crippen LogP contribution is 2.16. The van der Waals surface area contributed by atoms with Gasteiger partial charge in [0.1, 0.15) is 11.1 Å². The Hall–Kier alpha value is -6.46. The van der Waals surface area contributed by atoms with Gasteiger partial charge in [-0.25, -0.2) is 23.8 Å². The Labute approximate surface area is 259 Å². The minimum atomic E-state index is -1.00. The molecule has 0 aliphatic rings. The van der Waals surface area contributed by atoms with E-state index in [-0.39, 0.29) is 11.5 Å². The molecule has 0 fully saturated rings. The van der Waals surface area contributed by atoms with Crippen LogP contribution < -0.4 is 11.1 Å². The number of carboxylic acids is 1. The van der Waals surface area contributed by atoms with E-state index in [0.29, 0.717) is 22.5 Å². The number of hydrogen-bond acceptors (Lipinski definition) is 7. The predicted octanol–water partition coefficient (Wildman–Crippen LogP) is 4.87. The van der Waals surface area contributed by atoms with Gasteiger partial charge < -0.3 is 16.2 Å². The van der Waals surface area contributed by atoms with Crippen LogP contribution in [0.15, 0.2) is 73.1 Å². The summed E-state index contributed by atoms with van der Waals surface area (Å²) in [6, 6.07) is 18.1. The number of nitrogen functional groups attached to an aromatic ring is 1. The maximum absolute atomic E-state index is 12.4. The number of nitrogens with two attached hydrogens (primary N) is 1. The average molecular weight is 599 g/mol. The van der Waals surface area contributed by atoms with Gasteiger partial charge >= 0.3 is 5.97 Å². The molecule has 0 atom stereocenters. The van der Waals surface area contributed by atoms with E-state index in [4.69, 9.17) is 23.7 Å². The number of amides is 1. The first-order valence-corrected chi connectivity index (χ1v) is 13.6. The number of carbonyl (C=O) groups is 2. The van der Waals surface area contributed by atoms with E-state index < -0.39 is 5.97 Å². The molecule has 6 aromatic rings. The van der Waals surface area contributed by atoms with Crippen molar-refractivity contribution in [2.45, 2.75) is 27.7 Å². The molecule has 2 aromatic carbocycles. The molecule has 0 aliphatic carbocycles. The molecule has 0 radical (unpaired) electrons. The lowest BCUT2D eigenvalue weighted by atomic mass is 10.2. The zero-order chi connectivity index (χ0) is 32.7. The van der Waals surface area contributed by atoms with Crippen molar-refractivity contribution in [1.29, 1.82) is 0 Å². The van der Waals surface area contributed by atoms with Gasteiger partial charge in [0.2, 0.25) is 0 Å². The van der Waals surface area contributed by atoms with Crippen LogP contribution in [0, 0.1) is 52.4 Å². The summed E-state index contributed by atoms with van der Waals surface area (Å²) in [7, 11) is 0. The van der Waals surface area contributed by atoms with E-state index in [1.807, 2.05) is 52.0 Å². The highest BCUT2D eigenvalue weighted by Gasteiger charge is 2.16. The van der Waals surface area contributed by atoms with Crippen LogP contribution in [0.3, 0.4) is 0 Å². The van der Waals surface area contributed by atoms with Crippen LogP contribution >= 0.6 is 0 Å². The second-order valence-corrected chi connectivity index (χ2v) is 9.91. The van der Waals surface area contributed by atoms with E-state index in [9.17, 15) is 9.59 Å². The maximum Gasteiger partial charge on any atom is 0.341 e. The third-order valence-corrected chi connectivity index (χ3v) is 6.42. The number of aromatic nitrogens is 6. The highest BCUT2D eigenvalue weighted by atomic mass is 16.4. The first kappa shape index (κ1) is 31.5. The van der Waals surface area contributed by atoms with Gasteiger partial charge in [0.25, 0.3) is 5.91 Å². The lowest BCUT2D eigenvalue weighted by Gasteiger charge is -2.05. The molecule has 11 nitrogen and oxygen atoms in total. The molecular weight excluding hydrogens is 568 g/mol. The Balaban J connectivity index is 0.000000171. The van der Waals surface area contributed by atoms with E-state index in [2.05, 4.69) is 37.3 Å². The van der Waals surface area contributed by atoms with Crippen LogP contribution in [0.2, 0.25) is 0 Å². The van der Waals surface area contributed by atoms with E-state index in [0.717, 1.165) is 39.6 Å². The third-order valence-electron chi connectivity index (χ3n) is 6.42. The van der Waals surface area contributed by atoms with Crippen LogP contribution in [0.25, 0.3) is 11.3 Å². The molecule has 0 saturated heterocycles. The Morgan fingerprint density at radius 2 is 1.20 bits per heavy atom. The quantitative estimate of drug-likeness (QED) is 0.193. The molecule has 4 aromatic heterocycles. The molecule has 0 unspecified atom stereocenters. The number of carbonyl (C=O) groups excluding carboxylic acids is 1. The van der Waals surface area contributed by atoms with Gasteiger partial charge in [-0.15, -0.1) is 12.8 Å². The van der Waals surface area contributed by atoms with Crippen LogP contribution in [0.5, 0.6) is 0 Å². The highest BCUT2D eigenvalue weighted by molar-refractivity contribution is 6.08. The summed E-state index contributed by atoms with van der Waals surface area (Å²) < 4.78 is 3.18. The number of aromatic carboxylic acids is 1. The first-order chi connectivity index (χ1) is 21.5. The van der Waals surface area contributed by atoms with E-state index in [1.165, 1.54) is 16.9 Å². The van der Waals surface area contributed by atoms with Crippen molar-refractivity contribution in [2.75, 3.05) is 11.1 Å². The number of carboxylic acid groups (broad SMARTS) is 1. The number of rotatable bonds is 3. The van der Waals surface area contributed by atoms with Crippen LogP contribution in [-0.2, 0) is 0 Å². The third kappa shape index (κ3) is 7.49. The number of anilines is 2. The lowest BCUT2D eigenvalue weighted by molar-refractivity contribution is 0.0698. The number of nitrogens with zero attached hydrogens (tertiary/aromatic N) is 6. The van der Waals surface area contributed by atoms with E-state index >= 15 is 0 Å². The molecule has 1 amide bonds. The largest absolute Gasteiger partial charge is 0.477 e. The fraction of sp³-hybridized carbons (Fsp3) is 0.118. The Kier molecular flexibility index (Phi) is 9.57. The smallest absolute Gasteiger partial charge is 0.341 e. The van der Waals surface area contributed by atoms with Crippen LogP contribution in [0.1, 0.15) is 54.6 Å². The zero-order valence-electron chi connectivity index (χ0n) is 25.1. The molecule has 0 aliphatic heterocycles. The minimum absolute atomic E-state index is 0.136. The minimum Gasteiger partial charge on any atom is -0.477 e. The van der Waals surface area contributed by atoms with Crippen LogP contribution in [0.4, 0.5) is 11.4 Å². The van der Waals surface area contributed by atoms with Crippen molar-refractivity contribution in [1.82, 2.24) is 29.2 Å². The van der Waals surface area contributed by atoms with Gasteiger partial charge in [-0.1, -0.05) is 11.8 Å². The second-order valence-electron chi connectivity index (χ2n) is 9.91. The van der Waals surface area contributed by atoms with Gasteiger partial charge in [0.15, 0.2) is 11.3 Å². The summed E-state index contributed by atoms with van der Waals surface area (Å²) in [5.41, 5.74) is 13.4. The molecule has 0 bridgehead atoms. The second kappa shape index (κ2) is 13.7. The average Bonchev–Trinajstić information content (AvgIpc) is 3.64. The van der Waals surface area contributed by atoms with Gasteiger partial charge in [-0.2, -0.15) is 10.2 Å². The maximum atomic E-state index is 12.4. The normalized spacial score (nSPS) is 10.1. The monoisotopic (exact) mass is 598 g/mol. The van der Waals surface area contributed by atoms with Crippen molar-refractivity contribution in [3.8, 4) is 24.7 Å². The summed E-state index contributed by atoms with van der Waals surface area (Å²) in [5, 5.41) is 19.9. The number of fused-ring (bicyclic) bond motifs is 2. The Morgan fingerprint density at radius 3 is 1.67 bits per heavy atom. The summed E-state index contributed by atoms with van der Waals surface area (Å²) in [4.78, 5) is 31.8. The number of terminal acetylenes is 2. The molecular formula is C34H30N8O3. The molecule has 4 heterocycles. The number of hydrogen-bond donors (Lipinski definition) is 3. The molecule has 4 N–H and O–H groups in total.